The quantitative estimate of drug-likeness (QED) is 0.594. The minimum absolute atomic E-state index is 0.191. The lowest BCUT2D eigenvalue weighted by Gasteiger charge is -2.06. The molecule has 0 amide bonds. The van der Waals surface area contributed by atoms with Crippen LogP contribution in [0.4, 0.5) is 0 Å². The molecule has 0 fully saturated rings. The summed E-state index contributed by atoms with van der Waals surface area (Å²) in [6.07, 6.45) is 0.942. The summed E-state index contributed by atoms with van der Waals surface area (Å²) in [5.41, 5.74) is 0.203. The van der Waals surface area contributed by atoms with Gasteiger partial charge in [-0.1, -0.05) is 0 Å². The van der Waals surface area contributed by atoms with Crippen LogP contribution in [-0.2, 0) is 20.9 Å². The largest absolute Gasteiger partial charge is 0.466 e. The monoisotopic (exact) mass is 316 g/mol. The third kappa shape index (κ3) is 3.76. The number of carbonyl (C=O) groups is 2. The van der Waals surface area contributed by atoms with Crippen LogP contribution in [0, 0.1) is 6.92 Å². The molecule has 0 bridgehead atoms. The fourth-order valence-electron chi connectivity index (χ4n) is 1.28. The molecular weight excluding hydrogens is 304 g/mol. The number of aromatic nitrogens is 2. The van der Waals surface area contributed by atoms with Crippen molar-refractivity contribution in [2.45, 2.75) is 26.8 Å². The van der Waals surface area contributed by atoms with Crippen molar-refractivity contribution in [2.24, 2.45) is 0 Å². The van der Waals surface area contributed by atoms with Crippen LogP contribution in [0.1, 0.15) is 19.0 Å². The van der Waals surface area contributed by atoms with Gasteiger partial charge in [-0.15, -0.1) is 0 Å². The lowest BCUT2D eigenvalue weighted by atomic mass is 10.3. The van der Waals surface area contributed by atoms with E-state index in [0.717, 1.165) is 4.57 Å². The number of hydrogen-bond donors (Lipinski definition) is 0. The first-order chi connectivity index (χ1) is 8.45. The topological polar surface area (TPSA) is 78.3 Å². The second-order valence-electron chi connectivity index (χ2n) is 3.60. The molecule has 1 heterocycles. The Morgan fingerprint density at radius 1 is 1.50 bits per heavy atom. The Balaban J connectivity index is 2.74. The van der Waals surface area contributed by atoms with Gasteiger partial charge in [-0.25, -0.2) is 4.98 Å². The number of aryl methyl sites for hydroxylation is 1. The van der Waals surface area contributed by atoms with Crippen molar-refractivity contribution in [2.75, 3.05) is 6.61 Å². The van der Waals surface area contributed by atoms with E-state index in [4.69, 9.17) is 0 Å². The van der Waals surface area contributed by atoms with Gasteiger partial charge in [0.2, 0.25) is 0 Å². The molecule has 18 heavy (non-hydrogen) atoms. The number of nitrogens with zero attached hydrogens (tertiary/aromatic N) is 2. The summed E-state index contributed by atoms with van der Waals surface area (Å²) in [6.45, 7) is 3.37. The fourth-order valence-corrected chi connectivity index (χ4v) is 1.61. The van der Waals surface area contributed by atoms with Gasteiger partial charge in [0.1, 0.15) is 10.9 Å². The normalized spacial score (nSPS) is 10.2. The van der Waals surface area contributed by atoms with Gasteiger partial charge in [0, 0.05) is 0 Å². The smallest absolute Gasteiger partial charge is 0.313 e. The second kappa shape index (κ2) is 6.44. The van der Waals surface area contributed by atoms with Gasteiger partial charge in [-0.05, 0) is 29.8 Å². The van der Waals surface area contributed by atoms with Crippen LogP contribution in [0.2, 0.25) is 0 Å². The Labute approximate surface area is 112 Å². The summed E-state index contributed by atoms with van der Waals surface area (Å²) in [7, 11) is 0. The summed E-state index contributed by atoms with van der Waals surface area (Å²) >= 11 is 3.10. The van der Waals surface area contributed by atoms with Crippen LogP contribution in [0.5, 0.6) is 0 Å². The van der Waals surface area contributed by atoms with Crippen LogP contribution in [0.25, 0.3) is 0 Å². The third-order valence-electron chi connectivity index (χ3n) is 2.15. The zero-order valence-electron chi connectivity index (χ0n) is 10.1. The molecule has 0 aliphatic carbocycles. The van der Waals surface area contributed by atoms with E-state index < -0.39 is 11.8 Å². The van der Waals surface area contributed by atoms with Gasteiger partial charge in [0.05, 0.1) is 25.2 Å². The number of carbonyl (C=O) groups excluding carboxylic acids is 2. The maximum absolute atomic E-state index is 11.7. The summed E-state index contributed by atoms with van der Waals surface area (Å²) < 4.78 is 6.12. The van der Waals surface area contributed by atoms with Crippen LogP contribution >= 0.6 is 15.9 Å². The van der Waals surface area contributed by atoms with Crippen molar-refractivity contribution < 1.29 is 14.3 Å². The lowest BCUT2D eigenvalue weighted by molar-refractivity contribution is -0.145. The molecule has 7 heteroatoms. The van der Waals surface area contributed by atoms with Crippen molar-refractivity contribution in [3.05, 3.63) is 26.8 Å². The molecule has 1 rings (SSSR count). The molecule has 0 N–H and O–H groups in total. The molecule has 0 radical (unpaired) electrons. The van der Waals surface area contributed by atoms with Gasteiger partial charge in [0.25, 0.3) is 5.56 Å². The van der Waals surface area contributed by atoms with Crippen LogP contribution in [0.3, 0.4) is 0 Å². The molecule has 1 aromatic heterocycles. The van der Waals surface area contributed by atoms with Crippen molar-refractivity contribution in [1.29, 1.82) is 0 Å². The van der Waals surface area contributed by atoms with E-state index in [1.165, 1.54) is 6.33 Å². The predicted octanol–water partition coefficient (Wildman–Crippen LogP) is 0.837. The Morgan fingerprint density at radius 2 is 2.17 bits per heavy atom. The summed E-state index contributed by atoms with van der Waals surface area (Å²) in [5.74, 6) is -0.984. The van der Waals surface area contributed by atoms with Gasteiger partial charge in [0.15, 0.2) is 5.78 Å². The lowest BCUT2D eigenvalue weighted by Crippen LogP contribution is -2.27. The molecule has 1 aromatic rings. The highest BCUT2D eigenvalue weighted by Crippen LogP contribution is 2.06. The van der Waals surface area contributed by atoms with E-state index in [0.29, 0.717) is 10.2 Å². The predicted molar refractivity (Wildman–Crippen MR) is 67.2 cm³/mol. The number of rotatable bonds is 5. The molecule has 0 aromatic carbocycles. The van der Waals surface area contributed by atoms with Gasteiger partial charge < -0.3 is 4.74 Å². The number of esters is 1. The number of halogens is 1. The molecule has 0 saturated heterocycles. The Morgan fingerprint density at radius 3 is 2.78 bits per heavy atom. The van der Waals surface area contributed by atoms with Crippen molar-refractivity contribution >= 4 is 27.7 Å². The molecule has 6 nitrogen and oxygen atoms in total. The highest BCUT2D eigenvalue weighted by atomic mass is 79.9. The number of ketones is 1. The van der Waals surface area contributed by atoms with Crippen LogP contribution in [0.15, 0.2) is 15.6 Å². The molecule has 98 valence electrons. The summed E-state index contributed by atoms with van der Waals surface area (Å²) in [5, 5.41) is 0. The second-order valence-corrected chi connectivity index (χ2v) is 4.39. The number of Topliss-reactive ketones (excluding diaryl/α,β-unsaturated/α-hetero) is 1. The van der Waals surface area contributed by atoms with Crippen LogP contribution < -0.4 is 5.56 Å². The molecule has 0 aliphatic heterocycles. The highest BCUT2D eigenvalue weighted by molar-refractivity contribution is 9.10. The first-order valence-corrected chi connectivity index (χ1v) is 6.13. The molecule has 0 aliphatic rings. The third-order valence-corrected chi connectivity index (χ3v) is 3.06. The zero-order valence-corrected chi connectivity index (χ0v) is 11.7. The Hall–Kier alpha value is -1.50. The minimum atomic E-state index is -0.588. The minimum Gasteiger partial charge on any atom is -0.466 e. The molecule has 0 spiro atoms. The number of hydrogen-bond acceptors (Lipinski definition) is 5. The Bertz CT molecular complexity index is 524. The van der Waals surface area contributed by atoms with Crippen molar-refractivity contribution in [3.63, 3.8) is 0 Å². The van der Waals surface area contributed by atoms with E-state index in [1.807, 2.05) is 0 Å². The van der Waals surface area contributed by atoms with E-state index in [1.54, 1.807) is 13.8 Å². The average molecular weight is 317 g/mol. The van der Waals surface area contributed by atoms with Crippen molar-refractivity contribution in [1.82, 2.24) is 9.55 Å². The molecule has 0 unspecified atom stereocenters. The SMILES string of the molecule is CCOC(=O)CC(=O)Cn1cnc(C)c(Br)c1=O. The Kier molecular flexibility index (Phi) is 5.21. The molecular formula is C11H13BrN2O4. The van der Waals surface area contributed by atoms with E-state index in [-0.39, 0.29) is 25.1 Å². The van der Waals surface area contributed by atoms with E-state index in [2.05, 4.69) is 25.7 Å². The van der Waals surface area contributed by atoms with Gasteiger partial charge >= 0.3 is 5.97 Å². The zero-order chi connectivity index (χ0) is 13.7. The first kappa shape index (κ1) is 14.6. The first-order valence-electron chi connectivity index (χ1n) is 5.34. The summed E-state index contributed by atoms with van der Waals surface area (Å²) in [6, 6.07) is 0. The standard InChI is InChI=1S/C11H13BrN2O4/c1-3-18-9(16)4-8(15)5-14-6-13-7(2)10(12)11(14)17/h6H,3-5H2,1-2H3. The maximum atomic E-state index is 11.7. The van der Waals surface area contributed by atoms with Crippen LogP contribution in [-0.4, -0.2) is 27.9 Å². The number of ether oxygens (including phenoxy) is 1. The average Bonchev–Trinajstić information content (AvgIpc) is 2.30. The summed E-state index contributed by atoms with van der Waals surface area (Å²) in [4.78, 5) is 38.3. The molecule has 0 saturated carbocycles. The molecule has 0 atom stereocenters. The fraction of sp³-hybridized carbons (Fsp3) is 0.455. The highest BCUT2D eigenvalue weighted by Gasteiger charge is 2.13. The van der Waals surface area contributed by atoms with E-state index in [9.17, 15) is 14.4 Å². The van der Waals surface area contributed by atoms with Crippen molar-refractivity contribution in [3.8, 4) is 0 Å². The van der Waals surface area contributed by atoms with Gasteiger partial charge in [-0.3, -0.25) is 19.0 Å². The van der Waals surface area contributed by atoms with Gasteiger partial charge in [-0.2, -0.15) is 0 Å². The van der Waals surface area contributed by atoms with E-state index >= 15 is 0 Å². The maximum Gasteiger partial charge on any atom is 0.313 e.